The number of ether oxygens (including phenoxy) is 1. The van der Waals surface area contributed by atoms with Crippen LogP contribution in [0.2, 0.25) is 0 Å². The van der Waals surface area contributed by atoms with Crippen LogP contribution in [-0.2, 0) is 24.1 Å². The summed E-state index contributed by atoms with van der Waals surface area (Å²) in [5.41, 5.74) is 1.14. The van der Waals surface area contributed by atoms with Gasteiger partial charge in [0.25, 0.3) is 0 Å². The van der Waals surface area contributed by atoms with Gasteiger partial charge in [0.2, 0.25) is 0 Å². The molecule has 19 heavy (non-hydrogen) atoms. The van der Waals surface area contributed by atoms with Crippen LogP contribution in [-0.4, -0.2) is 35.9 Å². The Morgan fingerprint density at radius 1 is 1.11 bits per heavy atom. The molecule has 108 valence electrons. The first kappa shape index (κ1) is 16.3. The molecule has 0 heterocycles. The lowest BCUT2D eigenvalue weighted by molar-refractivity contribution is -0.0641. The zero-order valence-corrected chi connectivity index (χ0v) is 13.2. The van der Waals surface area contributed by atoms with Crippen molar-refractivity contribution in [2.24, 2.45) is 0 Å². The largest absolute Gasteiger partial charge is 0.506 e. The monoisotopic (exact) mass is 284 g/mol. The summed E-state index contributed by atoms with van der Waals surface area (Å²) in [5.74, 6) is 0. The topological polar surface area (TPSA) is 36.9 Å². The van der Waals surface area contributed by atoms with Crippen molar-refractivity contribution in [1.29, 1.82) is 0 Å². The fourth-order valence-corrected chi connectivity index (χ4v) is 3.38. The third-order valence-corrected chi connectivity index (χ3v) is 5.73. The van der Waals surface area contributed by atoms with Gasteiger partial charge in [-0.05, 0) is 18.9 Å². The van der Waals surface area contributed by atoms with Crippen molar-refractivity contribution in [1.82, 2.24) is 0 Å². The molecule has 0 N–H and O–H groups in total. The number of hydrogen-bond donors (Lipinski definition) is 0. The van der Waals surface area contributed by atoms with Crippen molar-refractivity contribution in [3.63, 3.8) is 0 Å². The van der Waals surface area contributed by atoms with Crippen LogP contribution in [0.5, 0.6) is 0 Å². The third-order valence-electron chi connectivity index (χ3n) is 3.09. The first-order valence-electron chi connectivity index (χ1n) is 6.55. The average molecular weight is 284 g/mol. The van der Waals surface area contributed by atoms with Gasteiger partial charge in [-0.15, -0.1) is 0 Å². The van der Waals surface area contributed by atoms with E-state index in [2.05, 4.69) is 6.92 Å². The summed E-state index contributed by atoms with van der Waals surface area (Å²) in [5, 5.41) is 0. The minimum absolute atomic E-state index is 0.178. The van der Waals surface area contributed by atoms with E-state index in [1.807, 2.05) is 37.3 Å². The highest BCUT2D eigenvalue weighted by atomic mass is 28.4. The zero-order chi connectivity index (χ0) is 14.1. The molecule has 5 heteroatoms. The molecule has 0 amide bonds. The van der Waals surface area contributed by atoms with Crippen LogP contribution < -0.4 is 0 Å². The van der Waals surface area contributed by atoms with Crippen molar-refractivity contribution in [3.8, 4) is 0 Å². The molecule has 0 aromatic heterocycles. The minimum Gasteiger partial charge on any atom is -0.377 e. The lowest BCUT2D eigenvalue weighted by Gasteiger charge is -2.27. The third kappa shape index (κ3) is 5.42. The van der Waals surface area contributed by atoms with Gasteiger partial charge in [0.05, 0.1) is 6.10 Å². The zero-order valence-electron chi connectivity index (χ0n) is 12.2. The van der Waals surface area contributed by atoms with Gasteiger partial charge in [0.1, 0.15) is 6.79 Å². The van der Waals surface area contributed by atoms with Crippen LogP contribution in [0, 0.1) is 0 Å². The minimum atomic E-state index is -2.69. The van der Waals surface area contributed by atoms with Crippen LogP contribution >= 0.6 is 0 Å². The Kier molecular flexibility index (Phi) is 7.26. The summed E-state index contributed by atoms with van der Waals surface area (Å²) in [6.45, 7) is 4.30. The molecule has 4 nitrogen and oxygen atoms in total. The second kappa shape index (κ2) is 8.45. The maximum atomic E-state index is 5.78. The number of hydrogen-bond acceptors (Lipinski definition) is 4. The van der Waals surface area contributed by atoms with E-state index in [0.717, 1.165) is 12.0 Å². The van der Waals surface area contributed by atoms with E-state index in [4.69, 9.17) is 18.0 Å². The van der Waals surface area contributed by atoms with Crippen molar-refractivity contribution in [2.75, 3.05) is 21.0 Å². The fourth-order valence-electron chi connectivity index (χ4n) is 1.60. The van der Waals surface area contributed by atoms with Crippen LogP contribution in [0.3, 0.4) is 0 Å². The van der Waals surface area contributed by atoms with Gasteiger partial charge in [-0.25, -0.2) is 0 Å². The molecule has 1 aromatic carbocycles. The summed E-state index contributed by atoms with van der Waals surface area (Å²) in [6.07, 6.45) is 1.13. The molecule has 0 aliphatic rings. The van der Waals surface area contributed by atoms with Crippen LogP contribution in [0.4, 0.5) is 0 Å². The highest BCUT2D eigenvalue weighted by molar-refractivity contribution is 6.60. The standard InChI is InChI=1S/C14H24O4Si/c1-5-13(2)17-12-18-19(15-3,16-4)11-14-9-7-6-8-10-14/h6-10,13H,5,11-12H2,1-4H3. The average Bonchev–Trinajstić information content (AvgIpc) is 2.47. The molecule has 1 unspecified atom stereocenters. The first-order chi connectivity index (χ1) is 9.15. The Hall–Kier alpha value is -0.723. The van der Waals surface area contributed by atoms with E-state index >= 15 is 0 Å². The summed E-state index contributed by atoms with van der Waals surface area (Å²) in [7, 11) is 0.565. The van der Waals surface area contributed by atoms with Crippen molar-refractivity contribution in [2.45, 2.75) is 32.4 Å². The highest BCUT2D eigenvalue weighted by Gasteiger charge is 2.39. The SMILES string of the molecule is CCC(C)OCO[Si](Cc1ccccc1)(OC)OC. The van der Waals surface area contributed by atoms with Crippen molar-refractivity contribution in [3.05, 3.63) is 35.9 Å². The highest BCUT2D eigenvalue weighted by Crippen LogP contribution is 2.15. The van der Waals surface area contributed by atoms with Gasteiger partial charge in [-0.1, -0.05) is 37.3 Å². The molecular formula is C14H24O4Si. The fraction of sp³-hybridized carbons (Fsp3) is 0.571. The molecule has 0 aliphatic carbocycles. The smallest absolute Gasteiger partial charge is 0.377 e. The van der Waals surface area contributed by atoms with Gasteiger partial charge in [0.15, 0.2) is 0 Å². The van der Waals surface area contributed by atoms with Crippen LogP contribution in [0.1, 0.15) is 25.8 Å². The normalized spacial score (nSPS) is 13.5. The van der Waals surface area contributed by atoms with E-state index in [1.165, 1.54) is 0 Å². The maximum absolute atomic E-state index is 5.78. The van der Waals surface area contributed by atoms with E-state index in [9.17, 15) is 0 Å². The van der Waals surface area contributed by atoms with Gasteiger partial charge in [-0.2, -0.15) is 0 Å². The van der Waals surface area contributed by atoms with Gasteiger partial charge in [0, 0.05) is 20.3 Å². The molecule has 0 fully saturated rings. The van der Waals surface area contributed by atoms with Crippen molar-refractivity contribution >= 4 is 8.80 Å². The van der Waals surface area contributed by atoms with Gasteiger partial charge >= 0.3 is 8.80 Å². The Bertz CT molecular complexity index is 341. The summed E-state index contributed by atoms with van der Waals surface area (Å²) in [6, 6.07) is 10.7. The van der Waals surface area contributed by atoms with Crippen LogP contribution in [0.15, 0.2) is 30.3 Å². The summed E-state index contributed by atoms with van der Waals surface area (Å²) < 4.78 is 22.4. The van der Waals surface area contributed by atoms with Crippen LogP contribution in [0.25, 0.3) is 0 Å². The predicted octanol–water partition coefficient (Wildman–Crippen LogP) is 2.79. The molecule has 0 radical (unpaired) electrons. The number of rotatable bonds is 9. The second-order valence-corrected chi connectivity index (χ2v) is 7.23. The predicted molar refractivity (Wildman–Crippen MR) is 76.7 cm³/mol. The summed E-state index contributed by atoms with van der Waals surface area (Å²) >= 11 is 0. The second-order valence-electron chi connectivity index (χ2n) is 4.40. The lowest BCUT2D eigenvalue weighted by Crippen LogP contribution is -2.47. The molecule has 1 atom stereocenters. The first-order valence-corrected chi connectivity index (χ1v) is 8.48. The van der Waals surface area contributed by atoms with E-state index in [-0.39, 0.29) is 12.9 Å². The lowest BCUT2D eigenvalue weighted by atomic mass is 10.2. The van der Waals surface area contributed by atoms with Gasteiger partial charge < -0.3 is 18.0 Å². The molecule has 0 aliphatic heterocycles. The van der Waals surface area contributed by atoms with E-state index in [0.29, 0.717) is 6.04 Å². The molecule has 0 bridgehead atoms. The van der Waals surface area contributed by atoms with Crippen molar-refractivity contribution < 1.29 is 18.0 Å². The molecule has 0 saturated carbocycles. The molecule has 1 aromatic rings. The Morgan fingerprint density at radius 3 is 2.26 bits per heavy atom. The quantitative estimate of drug-likeness (QED) is 0.516. The van der Waals surface area contributed by atoms with E-state index in [1.54, 1.807) is 14.2 Å². The molecule has 0 saturated heterocycles. The Labute approximate surface area is 117 Å². The molecule has 0 spiro atoms. The molecular weight excluding hydrogens is 260 g/mol. The van der Waals surface area contributed by atoms with E-state index < -0.39 is 8.80 Å². The Balaban J connectivity index is 2.58. The summed E-state index contributed by atoms with van der Waals surface area (Å²) in [4.78, 5) is 0. The Morgan fingerprint density at radius 2 is 1.74 bits per heavy atom. The molecule has 1 rings (SSSR count). The maximum Gasteiger partial charge on any atom is 0.506 e. The van der Waals surface area contributed by atoms with Gasteiger partial charge in [-0.3, -0.25) is 0 Å². The number of benzene rings is 1.